The molecule has 0 radical (unpaired) electrons. The van der Waals surface area contributed by atoms with E-state index < -0.39 is 0 Å². The number of nitrogens with two attached hydrogens (primary N) is 1. The Morgan fingerprint density at radius 1 is 1.24 bits per heavy atom. The molecule has 0 aromatic heterocycles. The van der Waals surface area contributed by atoms with Gasteiger partial charge >= 0.3 is 0 Å². The number of unbranched alkanes of at least 4 members (excludes halogenated alkanes) is 3. The standard InChI is InChI=1S/C14H22ClNO/c1-2-3-4-5-11-17-14-12(9-10-16)7-6-8-13(14)15/h6-8H,2-5,9-11,16H2,1H3. The molecule has 0 heterocycles. The Morgan fingerprint density at radius 2 is 2.06 bits per heavy atom. The maximum absolute atomic E-state index is 6.14. The lowest BCUT2D eigenvalue weighted by Gasteiger charge is -2.12. The van der Waals surface area contributed by atoms with Gasteiger partial charge in [-0.1, -0.05) is 49.9 Å². The average molecular weight is 256 g/mol. The largest absolute Gasteiger partial charge is 0.492 e. The second-order valence-corrected chi connectivity index (χ2v) is 4.58. The first kappa shape index (κ1) is 14.3. The van der Waals surface area contributed by atoms with Crippen LogP contribution in [0.3, 0.4) is 0 Å². The summed E-state index contributed by atoms with van der Waals surface area (Å²) >= 11 is 6.14. The molecule has 2 nitrogen and oxygen atoms in total. The van der Waals surface area contributed by atoms with Crippen molar-refractivity contribution >= 4 is 11.6 Å². The molecule has 3 heteroatoms. The molecule has 0 spiro atoms. The highest BCUT2D eigenvalue weighted by Gasteiger charge is 2.07. The zero-order chi connectivity index (χ0) is 12.5. The summed E-state index contributed by atoms with van der Waals surface area (Å²) in [6.45, 7) is 3.56. The minimum absolute atomic E-state index is 0.618. The summed E-state index contributed by atoms with van der Waals surface area (Å²) in [4.78, 5) is 0. The van der Waals surface area contributed by atoms with Crippen molar-refractivity contribution in [1.29, 1.82) is 0 Å². The van der Waals surface area contributed by atoms with Crippen molar-refractivity contribution < 1.29 is 4.74 Å². The molecule has 0 aliphatic carbocycles. The Labute approximate surface area is 109 Å². The van der Waals surface area contributed by atoms with E-state index in [-0.39, 0.29) is 0 Å². The Kier molecular flexibility index (Phi) is 7.06. The Bertz CT molecular complexity index is 328. The molecular formula is C14H22ClNO. The summed E-state index contributed by atoms with van der Waals surface area (Å²) in [5.41, 5.74) is 6.68. The smallest absolute Gasteiger partial charge is 0.141 e. The zero-order valence-corrected chi connectivity index (χ0v) is 11.3. The van der Waals surface area contributed by atoms with E-state index in [1.54, 1.807) is 0 Å². The number of para-hydroxylation sites is 1. The molecule has 0 aliphatic rings. The lowest BCUT2D eigenvalue weighted by molar-refractivity contribution is 0.302. The van der Waals surface area contributed by atoms with Crippen LogP contribution in [-0.2, 0) is 6.42 Å². The molecule has 0 saturated carbocycles. The van der Waals surface area contributed by atoms with Gasteiger partial charge in [0.05, 0.1) is 11.6 Å². The van der Waals surface area contributed by atoms with E-state index in [9.17, 15) is 0 Å². The lowest BCUT2D eigenvalue weighted by atomic mass is 10.1. The first-order chi connectivity index (χ1) is 8.29. The van der Waals surface area contributed by atoms with Gasteiger partial charge in [-0.2, -0.15) is 0 Å². The third kappa shape index (κ3) is 4.97. The molecule has 1 rings (SSSR count). The van der Waals surface area contributed by atoms with Gasteiger partial charge in [-0.05, 0) is 31.0 Å². The van der Waals surface area contributed by atoms with Crippen molar-refractivity contribution in [3.63, 3.8) is 0 Å². The van der Waals surface area contributed by atoms with Crippen LogP contribution in [0.1, 0.15) is 38.2 Å². The van der Waals surface area contributed by atoms with Crippen LogP contribution in [0.4, 0.5) is 0 Å². The predicted octanol–water partition coefficient (Wildman–Crippen LogP) is 3.80. The molecule has 0 atom stereocenters. The molecule has 0 fully saturated rings. The van der Waals surface area contributed by atoms with Gasteiger partial charge in [0.1, 0.15) is 5.75 Å². The van der Waals surface area contributed by atoms with Crippen LogP contribution >= 0.6 is 11.6 Å². The molecule has 1 aromatic rings. The number of benzene rings is 1. The molecule has 1 aromatic carbocycles. The second kappa shape index (κ2) is 8.37. The number of hydrogen-bond acceptors (Lipinski definition) is 2. The van der Waals surface area contributed by atoms with Crippen molar-refractivity contribution in [3.05, 3.63) is 28.8 Å². The third-order valence-electron chi connectivity index (χ3n) is 2.71. The highest BCUT2D eigenvalue weighted by Crippen LogP contribution is 2.29. The van der Waals surface area contributed by atoms with Gasteiger partial charge in [-0.15, -0.1) is 0 Å². The first-order valence-corrected chi connectivity index (χ1v) is 6.77. The molecule has 0 aliphatic heterocycles. The van der Waals surface area contributed by atoms with Gasteiger partial charge in [0, 0.05) is 0 Å². The number of hydrogen-bond donors (Lipinski definition) is 1. The van der Waals surface area contributed by atoms with Crippen LogP contribution in [0.15, 0.2) is 18.2 Å². The second-order valence-electron chi connectivity index (χ2n) is 4.18. The third-order valence-corrected chi connectivity index (χ3v) is 3.00. The zero-order valence-electron chi connectivity index (χ0n) is 10.5. The summed E-state index contributed by atoms with van der Waals surface area (Å²) in [7, 11) is 0. The first-order valence-electron chi connectivity index (χ1n) is 6.39. The van der Waals surface area contributed by atoms with Gasteiger partial charge < -0.3 is 10.5 Å². The van der Waals surface area contributed by atoms with Crippen molar-refractivity contribution in [2.75, 3.05) is 13.2 Å². The maximum Gasteiger partial charge on any atom is 0.141 e. The summed E-state index contributed by atoms with van der Waals surface area (Å²) < 4.78 is 5.78. The predicted molar refractivity (Wildman–Crippen MR) is 73.8 cm³/mol. The summed E-state index contributed by atoms with van der Waals surface area (Å²) in [5.74, 6) is 0.816. The summed E-state index contributed by atoms with van der Waals surface area (Å²) in [6, 6.07) is 5.83. The highest BCUT2D eigenvalue weighted by molar-refractivity contribution is 6.32. The number of halogens is 1. The molecular weight excluding hydrogens is 234 g/mol. The Morgan fingerprint density at radius 3 is 2.76 bits per heavy atom. The van der Waals surface area contributed by atoms with Gasteiger partial charge in [0.15, 0.2) is 0 Å². The molecule has 0 saturated heterocycles. The molecule has 17 heavy (non-hydrogen) atoms. The van der Waals surface area contributed by atoms with Crippen molar-refractivity contribution in [2.24, 2.45) is 5.73 Å². The average Bonchev–Trinajstić information content (AvgIpc) is 2.32. The monoisotopic (exact) mass is 255 g/mol. The topological polar surface area (TPSA) is 35.2 Å². The molecule has 96 valence electrons. The van der Waals surface area contributed by atoms with Crippen LogP contribution in [0.5, 0.6) is 5.75 Å². The molecule has 0 amide bonds. The normalized spacial score (nSPS) is 10.5. The van der Waals surface area contributed by atoms with E-state index in [4.69, 9.17) is 22.1 Å². The van der Waals surface area contributed by atoms with Gasteiger partial charge in [0.2, 0.25) is 0 Å². The SMILES string of the molecule is CCCCCCOc1c(Cl)cccc1CCN. The van der Waals surface area contributed by atoms with Crippen LogP contribution in [0.2, 0.25) is 5.02 Å². The van der Waals surface area contributed by atoms with Crippen LogP contribution in [0.25, 0.3) is 0 Å². The van der Waals surface area contributed by atoms with E-state index in [1.165, 1.54) is 19.3 Å². The minimum atomic E-state index is 0.618. The van der Waals surface area contributed by atoms with Crippen molar-refractivity contribution in [3.8, 4) is 5.75 Å². The van der Waals surface area contributed by atoms with Gasteiger partial charge in [-0.3, -0.25) is 0 Å². The Balaban J connectivity index is 2.50. The van der Waals surface area contributed by atoms with Crippen LogP contribution in [0, 0.1) is 0 Å². The van der Waals surface area contributed by atoms with Gasteiger partial charge in [-0.25, -0.2) is 0 Å². The van der Waals surface area contributed by atoms with E-state index in [0.717, 1.165) is 30.8 Å². The number of ether oxygens (including phenoxy) is 1. The van der Waals surface area contributed by atoms with Crippen LogP contribution in [-0.4, -0.2) is 13.2 Å². The fourth-order valence-electron chi connectivity index (χ4n) is 1.77. The fraction of sp³-hybridized carbons (Fsp3) is 0.571. The van der Waals surface area contributed by atoms with Crippen molar-refractivity contribution in [2.45, 2.75) is 39.0 Å². The number of rotatable bonds is 8. The summed E-state index contributed by atoms with van der Waals surface area (Å²) in [5, 5.41) is 0.687. The quantitative estimate of drug-likeness (QED) is 0.717. The van der Waals surface area contributed by atoms with E-state index in [1.807, 2.05) is 18.2 Å². The molecule has 0 bridgehead atoms. The lowest BCUT2D eigenvalue weighted by Crippen LogP contribution is -2.06. The molecule has 2 N–H and O–H groups in total. The maximum atomic E-state index is 6.14. The van der Waals surface area contributed by atoms with E-state index in [0.29, 0.717) is 11.6 Å². The summed E-state index contributed by atoms with van der Waals surface area (Å²) in [6.07, 6.45) is 5.62. The van der Waals surface area contributed by atoms with Gasteiger partial charge in [0.25, 0.3) is 0 Å². The fourth-order valence-corrected chi connectivity index (χ4v) is 2.02. The van der Waals surface area contributed by atoms with E-state index >= 15 is 0 Å². The Hall–Kier alpha value is -0.730. The van der Waals surface area contributed by atoms with Crippen LogP contribution < -0.4 is 10.5 Å². The highest BCUT2D eigenvalue weighted by atomic mass is 35.5. The minimum Gasteiger partial charge on any atom is -0.492 e. The van der Waals surface area contributed by atoms with Crippen molar-refractivity contribution in [1.82, 2.24) is 0 Å². The molecule has 0 unspecified atom stereocenters. The van der Waals surface area contributed by atoms with E-state index in [2.05, 4.69) is 6.92 Å².